The number of benzene rings is 1. The van der Waals surface area contributed by atoms with Crippen LogP contribution in [0.5, 0.6) is 0 Å². The maximum absolute atomic E-state index is 12.2. The average Bonchev–Trinajstić information content (AvgIpc) is 2.70. The van der Waals surface area contributed by atoms with E-state index in [-0.39, 0.29) is 19.4 Å². The number of carboxylic acids is 1. The van der Waals surface area contributed by atoms with Gasteiger partial charge in [-0.3, -0.25) is 5.41 Å². The van der Waals surface area contributed by atoms with E-state index < -0.39 is 30.0 Å². The smallest absolute Gasteiger partial charge is 0.451 e. The molecule has 0 aliphatic carbocycles. The summed E-state index contributed by atoms with van der Waals surface area (Å²) in [7, 11) is 1.36. The largest absolute Gasteiger partial charge is 0.480 e. The van der Waals surface area contributed by atoms with Crippen molar-refractivity contribution < 1.29 is 29.1 Å². The number of unbranched alkanes of at least 4 members (excludes halogenated alkanes) is 1. The van der Waals surface area contributed by atoms with Crippen molar-refractivity contribution in [2.45, 2.75) is 52.0 Å². The Morgan fingerprint density at radius 1 is 1.17 bits per heavy atom. The zero-order valence-corrected chi connectivity index (χ0v) is 17.1. The number of aryl methyl sites for hydroxylation is 1. The molecule has 0 fully saturated rings. The SMILES string of the molecule is CCCCC(C(=O)O)N(C)C(=N)N(OC(=O)CCc1ccccc1)C(=O)OCC. The number of amides is 1. The molecular weight excluding hydrogens is 378 g/mol. The second kappa shape index (κ2) is 12.4. The molecule has 0 bridgehead atoms. The number of aliphatic carboxylic acids is 1. The highest BCUT2D eigenvalue weighted by molar-refractivity contribution is 5.94. The summed E-state index contributed by atoms with van der Waals surface area (Å²) >= 11 is 0. The number of carbonyl (C=O) groups excluding carboxylic acids is 2. The molecule has 29 heavy (non-hydrogen) atoms. The van der Waals surface area contributed by atoms with Crippen LogP contribution in [0, 0.1) is 5.41 Å². The Hall–Kier alpha value is -3.10. The van der Waals surface area contributed by atoms with Crippen molar-refractivity contribution in [3.8, 4) is 0 Å². The van der Waals surface area contributed by atoms with Crippen molar-refractivity contribution >= 4 is 24.0 Å². The van der Waals surface area contributed by atoms with Gasteiger partial charge in [0.2, 0.25) is 5.96 Å². The van der Waals surface area contributed by atoms with Gasteiger partial charge in [-0.1, -0.05) is 55.2 Å². The van der Waals surface area contributed by atoms with Gasteiger partial charge in [-0.05, 0) is 25.3 Å². The minimum absolute atomic E-state index is 0.00604. The number of guanidine groups is 1. The fourth-order valence-corrected chi connectivity index (χ4v) is 2.56. The minimum Gasteiger partial charge on any atom is -0.480 e. The molecule has 1 amide bonds. The maximum atomic E-state index is 12.2. The van der Waals surface area contributed by atoms with Crippen LogP contribution >= 0.6 is 0 Å². The van der Waals surface area contributed by atoms with E-state index >= 15 is 0 Å². The number of carboxylic acid groups (broad SMARTS) is 1. The van der Waals surface area contributed by atoms with Gasteiger partial charge in [-0.2, -0.15) is 0 Å². The normalized spacial score (nSPS) is 11.3. The number of likely N-dealkylation sites (N-methyl/N-ethyl adjacent to an activating group) is 1. The molecular formula is C20H29N3O6. The predicted octanol–water partition coefficient (Wildman–Crippen LogP) is 3.05. The summed E-state index contributed by atoms with van der Waals surface area (Å²) in [6.45, 7) is 3.50. The molecule has 1 rings (SSSR count). The number of ether oxygens (including phenoxy) is 1. The van der Waals surface area contributed by atoms with Gasteiger partial charge in [-0.15, -0.1) is 0 Å². The van der Waals surface area contributed by atoms with Crippen LogP contribution < -0.4 is 0 Å². The number of hydrogen-bond acceptors (Lipinski definition) is 6. The lowest BCUT2D eigenvalue weighted by Crippen LogP contribution is -2.52. The molecule has 0 aliphatic rings. The van der Waals surface area contributed by atoms with Gasteiger partial charge < -0.3 is 19.6 Å². The molecule has 2 N–H and O–H groups in total. The fraction of sp³-hybridized carbons (Fsp3) is 0.500. The molecule has 160 valence electrons. The van der Waals surface area contributed by atoms with E-state index in [1.165, 1.54) is 7.05 Å². The number of hydrogen-bond donors (Lipinski definition) is 2. The van der Waals surface area contributed by atoms with Crippen LogP contribution in [-0.2, 0) is 25.6 Å². The summed E-state index contributed by atoms with van der Waals surface area (Å²) < 4.78 is 4.86. The van der Waals surface area contributed by atoms with Crippen molar-refractivity contribution in [3.05, 3.63) is 35.9 Å². The van der Waals surface area contributed by atoms with E-state index in [4.69, 9.17) is 15.0 Å². The molecule has 0 spiro atoms. The summed E-state index contributed by atoms with van der Waals surface area (Å²) in [6, 6.07) is 8.23. The fourth-order valence-electron chi connectivity index (χ4n) is 2.56. The number of nitrogens with one attached hydrogen (secondary N) is 1. The van der Waals surface area contributed by atoms with Gasteiger partial charge in [0.05, 0.1) is 13.0 Å². The molecule has 0 aromatic heterocycles. The predicted molar refractivity (Wildman–Crippen MR) is 106 cm³/mol. The molecule has 0 heterocycles. The maximum Gasteiger partial charge on any atom is 0.451 e. The zero-order valence-electron chi connectivity index (χ0n) is 17.1. The van der Waals surface area contributed by atoms with Crippen LogP contribution in [-0.4, -0.2) is 58.8 Å². The number of nitrogens with zero attached hydrogens (tertiary/aromatic N) is 2. The lowest BCUT2D eigenvalue weighted by atomic mass is 10.1. The molecule has 1 unspecified atom stereocenters. The Kier molecular flexibility index (Phi) is 10.2. The monoisotopic (exact) mass is 407 g/mol. The number of rotatable bonds is 9. The molecule has 0 aliphatic heterocycles. The van der Waals surface area contributed by atoms with E-state index in [2.05, 4.69) is 0 Å². The third-order valence-electron chi connectivity index (χ3n) is 4.20. The second-order valence-electron chi connectivity index (χ2n) is 6.37. The quantitative estimate of drug-likeness (QED) is 0.367. The van der Waals surface area contributed by atoms with Crippen LogP contribution in [0.4, 0.5) is 4.79 Å². The highest BCUT2D eigenvalue weighted by Crippen LogP contribution is 2.12. The van der Waals surface area contributed by atoms with Gasteiger partial charge >= 0.3 is 18.0 Å². The van der Waals surface area contributed by atoms with Crippen molar-refractivity contribution in [1.82, 2.24) is 9.96 Å². The van der Waals surface area contributed by atoms with Gasteiger partial charge in [0.25, 0.3) is 0 Å². The first kappa shape index (κ1) is 23.9. The number of hydroxylamine groups is 2. The molecule has 0 radical (unpaired) electrons. The van der Waals surface area contributed by atoms with Crippen LogP contribution in [0.1, 0.15) is 45.1 Å². The molecule has 1 aromatic carbocycles. The van der Waals surface area contributed by atoms with Crippen molar-refractivity contribution in [2.24, 2.45) is 0 Å². The van der Waals surface area contributed by atoms with Crippen LogP contribution in [0.15, 0.2) is 30.3 Å². The Labute approximate surface area is 170 Å². The van der Waals surface area contributed by atoms with Crippen molar-refractivity contribution in [1.29, 1.82) is 5.41 Å². The third-order valence-corrected chi connectivity index (χ3v) is 4.20. The minimum atomic E-state index is -1.13. The summed E-state index contributed by atoms with van der Waals surface area (Å²) in [5.41, 5.74) is 0.921. The molecule has 9 heteroatoms. The topological polar surface area (TPSA) is 120 Å². The highest BCUT2D eigenvalue weighted by Gasteiger charge is 2.33. The van der Waals surface area contributed by atoms with Crippen LogP contribution in [0.2, 0.25) is 0 Å². The Morgan fingerprint density at radius 3 is 2.38 bits per heavy atom. The third kappa shape index (κ3) is 7.81. The lowest BCUT2D eigenvalue weighted by Gasteiger charge is -2.31. The molecule has 0 saturated heterocycles. The van der Waals surface area contributed by atoms with E-state index in [1.807, 2.05) is 37.3 Å². The summed E-state index contributed by atoms with van der Waals surface area (Å²) in [4.78, 5) is 42.2. The second-order valence-corrected chi connectivity index (χ2v) is 6.37. The van der Waals surface area contributed by atoms with E-state index in [1.54, 1.807) is 6.92 Å². The summed E-state index contributed by atoms with van der Waals surface area (Å²) in [6.07, 6.45) is 1.01. The first-order valence-corrected chi connectivity index (χ1v) is 9.57. The van der Waals surface area contributed by atoms with E-state index in [0.717, 1.165) is 16.9 Å². The Bertz CT molecular complexity index is 695. The first-order valence-electron chi connectivity index (χ1n) is 9.57. The van der Waals surface area contributed by atoms with Gasteiger partial charge in [0, 0.05) is 7.05 Å². The Morgan fingerprint density at radius 2 is 1.83 bits per heavy atom. The zero-order chi connectivity index (χ0) is 21.8. The molecule has 1 atom stereocenters. The summed E-state index contributed by atoms with van der Waals surface area (Å²) in [5, 5.41) is 18.1. The Balaban J connectivity index is 2.86. The van der Waals surface area contributed by atoms with Crippen molar-refractivity contribution in [2.75, 3.05) is 13.7 Å². The average molecular weight is 407 g/mol. The summed E-state index contributed by atoms with van der Waals surface area (Å²) in [5.74, 6) is -2.45. The highest BCUT2D eigenvalue weighted by atomic mass is 16.8. The van der Waals surface area contributed by atoms with Crippen LogP contribution in [0.25, 0.3) is 0 Å². The number of carbonyl (C=O) groups is 3. The van der Waals surface area contributed by atoms with Gasteiger partial charge in [0.15, 0.2) is 0 Å². The molecule has 9 nitrogen and oxygen atoms in total. The van der Waals surface area contributed by atoms with Crippen LogP contribution in [0.3, 0.4) is 0 Å². The first-order chi connectivity index (χ1) is 13.8. The van der Waals surface area contributed by atoms with Gasteiger partial charge in [0.1, 0.15) is 6.04 Å². The van der Waals surface area contributed by atoms with Crippen molar-refractivity contribution in [3.63, 3.8) is 0 Å². The molecule has 1 aromatic rings. The van der Waals surface area contributed by atoms with Gasteiger partial charge in [-0.25, -0.2) is 14.4 Å². The lowest BCUT2D eigenvalue weighted by molar-refractivity contribution is -0.169. The molecule has 0 saturated carbocycles. The van der Waals surface area contributed by atoms with E-state index in [0.29, 0.717) is 17.9 Å². The standard InChI is InChI=1S/C20H29N3O6/c1-4-6-12-16(18(25)26)22(3)19(21)23(20(27)28-5-2)29-17(24)14-13-15-10-8-7-9-11-15/h7-11,16,21H,4-6,12-14H2,1-3H3,(H,25,26). The van der Waals surface area contributed by atoms with E-state index in [9.17, 15) is 19.5 Å².